The fourth-order valence-corrected chi connectivity index (χ4v) is 0.408. The van der Waals surface area contributed by atoms with E-state index in [1.54, 1.807) is 6.08 Å². The van der Waals surface area contributed by atoms with Gasteiger partial charge in [0, 0.05) is 5.69 Å². The summed E-state index contributed by atoms with van der Waals surface area (Å²) in [5.74, 6) is 0. The van der Waals surface area contributed by atoms with Gasteiger partial charge in [0.15, 0.2) is 9.52 Å². The maximum absolute atomic E-state index is 7.94. The number of nitriles is 1. The molecule has 0 aliphatic heterocycles. The fraction of sp³-hybridized carbons (Fsp3) is 0.250. The predicted molar refractivity (Wildman–Crippen MR) is 27.8 cm³/mol. The van der Waals surface area contributed by atoms with Crippen LogP contribution in [0.5, 0.6) is 0 Å². The Kier molecular flexibility index (Phi) is 4.04. The lowest BCUT2D eigenvalue weighted by atomic mass is 10.8. The molecule has 0 unspecified atom stereocenters. The second-order valence-corrected chi connectivity index (χ2v) is 2.00. The third kappa shape index (κ3) is 3.45. The van der Waals surface area contributed by atoms with Crippen LogP contribution in [0.25, 0.3) is 0 Å². The highest BCUT2D eigenvalue weighted by Crippen LogP contribution is 1.72. The van der Waals surface area contributed by atoms with E-state index in [-0.39, 0.29) is 9.52 Å². The molecule has 0 rings (SSSR count). The summed E-state index contributed by atoms with van der Waals surface area (Å²) in [7, 11) is 0.00579. The third-order valence-corrected chi connectivity index (χ3v) is 1.13. The monoisotopic (exact) mass is 96.0 g/mol. The maximum atomic E-state index is 7.94. The van der Waals surface area contributed by atoms with Gasteiger partial charge in [-0.05, 0) is 6.04 Å². The first-order chi connectivity index (χ1) is 2.91. The van der Waals surface area contributed by atoms with Crippen LogP contribution in [-0.4, -0.2) is 9.52 Å². The van der Waals surface area contributed by atoms with E-state index >= 15 is 0 Å². The number of allylic oxidation sites excluding steroid dienone is 1. The number of hydrogen-bond donors (Lipinski definition) is 0. The van der Waals surface area contributed by atoms with Crippen LogP contribution in [0.3, 0.4) is 0 Å². The second-order valence-electron chi connectivity index (χ2n) is 0.858. The highest BCUT2D eigenvalue weighted by Gasteiger charge is 1.73. The van der Waals surface area contributed by atoms with Crippen LogP contribution < -0.4 is 0 Å². The Bertz CT molecular complexity index is 72.1. The van der Waals surface area contributed by atoms with Crippen LogP contribution in [0, 0.1) is 11.0 Å². The molecule has 1 radical (unpaired) electrons. The van der Waals surface area contributed by atoms with Gasteiger partial charge in [-0.25, -0.2) is 5.26 Å². The maximum Gasteiger partial charge on any atom is 0.167 e. The summed E-state index contributed by atoms with van der Waals surface area (Å²) < 4.78 is 0. The van der Waals surface area contributed by atoms with E-state index in [1.807, 2.05) is 0 Å². The van der Waals surface area contributed by atoms with Crippen molar-refractivity contribution in [3.8, 4) is 5.69 Å². The molecule has 0 atom stereocenters. The van der Waals surface area contributed by atoms with Crippen molar-refractivity contribution in [2.75, 3.05) is 0 Å². The topological polar surface area (TPSA) is 23.8 Å². The highest BCUT2D eigenvalue weighted by molar-refractivity contribution is 6.45. The number of nitrogens with zero attached hydrogens (tertiary/aromatic N) is 1. The van der Waals surface area contributed by atoms with Crippen LogP contribution in [-0.2, 0) is 0 Å². The lowest BCUT2D eigenvalue weighted by Crippen LogP contribution is -1.75. The first kappa shape index (κ1) is 5.45. The van der Waals surface area contributed by atoms with Gasteiger partial charge < -0.3 is 0 Å². The Balaban J connectivity index is 2.72. The number of rotatable bonds is 2. The molecule has 0 bridgehead atoms. The number of hydrogen-bond acceptors (Lipinski definition) is 1. The van der Waals surface area contributed by atoms with Crippen molar-refractivity contribution in [3.05, 3.63) is 12.7 Å². The van der Waals surface area contributed by atoms with Crippen LogP contribution in [0.15, 0.2) is 12.7 Å². The standard InChI is InChI=1S/C4H6NSi/c1-2-3-6-4-5/h2,6H,1,3H2. The smallest absolute Gasteiger partial charge is 0.167 e. The van der Waals surface area contributed by atoms with E-state index in [0.29, 0.717) is 0 Å². The molecule has 0 saturated carbocycles. The van der Waals surface area contributed by atoms with Crippen molar-refractivity contribution in [1.29, 1.82) is 5.26 Å². The first-order valence-corrected chi connectivity index (χ1v) is 3.13. The minimum absolute atomic E-state index is 0.00579. The highest BCUT2D eigenvalue weighted by atomic mass is 28.2. The Morgan fingerprint density at radius 3 is 2.83 bits per heavy atom. The Morgan fingerprint density at radius 2 is 2.67 bits per heavy atom. The van der Waals surface area contributed by atoms with Gasteiger partial charge in [-0.2, -0.15) is 0 Å². The van der Waals surface area contributed by atoms with Crippen molar-refractivity contribution >= 4 is 9.52 Å². The van der Waals surface area contributed by atoms with Gasteiger partial charge in [0.25, 0.3) is 0 Å². The van der Waals surface area contributed by atoms with E-state index in [1.165, 1.54) is 0 Å². The molecule has 0 aliphatic carbocycles. The normalized spacial score (nSPS) is 6.50. The molecule has 0 aromatic heterocycles. The molecule has 0 aromatic carbocycles. The minimum Gasteiger partial charge on any atom is -0.207 e. The molecule has 0 fully saturated rings. The largest absolute Gasteiger partial charge is 0.207 e. The zero-order chi connectivity index (χ0) is 4.83. The lowest BCUT2D eigenvalue weighted by Gasteiger charge is -1.68. The minimum atomic E-state index is 0.00579. The average Bonchev–Trinajstić information content (AvgIpc) is 1.61. The van der Waals surface area contributed by atoms with Gasteiger partial charge >= 0.3 is 0 Å². The summed E-state index contributed by atoms with van der Waals surface area (Å²) in [6.45, 7) is 3.47. The molecule has 0 aliphatic rings. The predicted octanol–water partition coefficient (Wildman–Crippen LogP) is 0.508. The van der Waals surface area contributed by atoms with Crippen LogP contribution in [0.4, 0.5) is 0 Å². The molecule has 0 heterocycles. The van der Waals surface area contributed by atoms with E-state index in [2.05, 4.69) is 12.3 Å². The van der Waals surface area contributed by atoms with Gasteiger partial charge in [-0.3, -0.25) is 0 Å². The van der Waals surface area contributed by atoms with Gasteiger partial charge in [0.05, 0.1) is 0 Å². The molecule has 0 saturated heterocycles. The van der Waals surface area contributed by atoms with E-state index in [9.17, 15) is 0 Å². The lowest BCUT2D eigenvalue weighted by molar-refractivity contribution is 1.55. The van der Waals surface area contributed by atoms with Crippen LogP contribution in [0.1, 0.15) is 0 Å². The molecular formula is C4H6NSi. The molecule has 2 heteroatoms. The Hall–Kier alpha value is -0.553. The molecular weight excluding hydrogens is 90.1 g/mol. The average molecular weight is 96.2 g/mol. The summed E-state index contributed by atoms with van der Waals surface area (Å²) >= 11 is 0. The van der Waals surface area contributed by atoms with Crippen molar-refractivity contribution in [2.45, 2.75) is 6.04 Å². The Morgan fingerprint density at radius 1 is 2.00 bits per heavy atom. The first-order valence-electron chi connectivity index (χ1n) is 1.74. The van der Waals surface area contributed by atoms with Crippen LogP contribution in [0.2, 0.25) is 6.04 Å². The summed E-state index contributed by atoms with van der Waals surface area (Å²) in [5, 5.41) is 7.94. The van der Waals surface area contributed by atoms with Crippen molar-refractivity contribution < 1.29 is 0 Å². The molecule has 1 nitrogen and oxygen atoms in total. The van der Waals surface area contributed by atoms with E-state index in [0.717, 1.165) is 6.04 Å². The summed E-state index contributed by atoms with van der Waals surface area (Å²) in [6.07, 6.45) is 1.78. The summed E-state index contributed by atoms with van der Waals surface area (Å²) in [6, 6.07) is 0.899. The zero-order valence-electron chi connectivity index (χ0n) is 3.52. The molecule has 0 spiro atoms. The third-order valence-electron chi connectivity index (χ3n) is 0.376. The Labute approximate surface area is 40.1 Å². The molecule has 0 aromatic rings. The second kappa shape index (κ2) is 4.45. The molecule has 0 N–H and O–H groups in total. The summed E-state index contributed by atoms with van der Waals surface area (Å²) in [5.41, 5.74) is 2.08. The quantitative estimate of drug-likeness (QED) is 0.279. The van der Waals surface area contributed by atoms with Gasteiger partial charge in [-0.15, -0.1) is 6.58 Å². The SMILES string of the molecule is C=CC[SiH]C#N. The van der Waals surface area contributed by atoms with Crippen molar-refractivity contribution in [3.63, 3.8) is 0 Å². The van der Waals surface area contributed by atoms with Crippen LogP contribution >= 0.6 is 0 Å². The van der Waals surface area contributed by atoms with Crippen molar-refractivity contribution in [1.82, 2.24) is 0 Å². The zero-order valence-corrected chi connectivity index (χ0v) is 4.67. The van der Waals surface area contributed by atoms with Gasteiger partial charge in [-0.1, -0.05) is 6.08 Å². The van der Waals surface area contributed by atoms with E-state index < -0.39 is 0 Å². The van der Waals surface area contributed by atoms with Gasteiger partial charge in [0.2, 0.25) is 0 Å². The van der Waals surface area contributed by atoms with Gasteiger partial charge in [0.1, 0.15) is 0 Å². The van der Waals surface area contributed by atoms with Crippen molar-refractivity contribution in [2.24, 2.45) is 0 Å². The molecule has 0 amide bonds. The molecule has 6 heavy (non-hydrogen) atoms. The molecule has 31 valence electrons. The summed E-state index contributed by atoms with van der Waals surface area (Å²) in [4.78, 5) is 0. The van der Waals surface area contributed by atoms with E-state index in [4.69, 9.17) is 5.26 Å². The fourth-order valence-electron chi connectivity index (χ4n) is 0.136.